The molecule has 0 spiro atoms. The fraction of sp³-hybridized carbons (Fsp3) is 0.429. The van der Waals surface area contributed by atoms with Crippen LogP contribution in [0.1, 0.15) is 24.4 Å². The summed E-state index contributed by atoms with van der Waals surface area (Å²) in [7, 11) is 3.64. The lowest BCUT2D eigenvalue weighted by Gasteiger charge is -2.12. The molecule has 0 aliphatic carbocycles. The molecule has 1 heterocycles. The second kappa shape index (κ2) is 6.33. The van der Waals surface area contributed by atoms with E-state index in [2.05, 4.69) is 34.6 Å². The van der Waals surface area contributed by atoms with Crippen LogP contribution in [0.3, 0.4) is 0 Å². The zero-order valence-electron chi connectivity index (χ0n) is 11.6. The van der Waals surface area contributed by atoms with Crippen LogP contribution >= 0.6 is 0 Å². The van der Waals surface area contributed by atoms with Gasteiger partial charge in [0.25, 0.3) is 0 Å². The molecule has 19 heavy (non-hydrogen) atoms. The minimum absolute atomic E-state index is 0.200. The standard InChI is InChI=1S/C14H20N4O/c1-11(14-17-16-10-18(14)2)15-9-8-12-4-6-13(19-3)7-5-12/h4-7,10-11,15H,8-9H2,1-3H3. The maximum absolute atomic E-state index is 5.14. The van der Waals surface area contributed by atoms with Crippen LogP contribution in [-0.2, 0) is 13.5 Å². The molecule has 5 heteroatoms. The van der Waals surface area contributed by atoms with Crippen molar-refractivity contribution in [3.63, 3.8) is 0 Å². The first-order valence-electron chi connectivity index (χ1n) is 6.41. The molecule has 0 aliphatic rings. The molecular weight excluding hydrogens is 240 g/mol. The highest BCUT2D eigenvalue weighted by molar-refractivity contribution is 5.27. The number of ether oxygens (including phenoxy) is 1. The van der Waals surface area contributed by atoms with Gasteiger partial charge in [-0.15, -0.1) is 10.2 Å². The normalized spacial score (nSPS) is 12.4. The van der Waals surface area contributed by atoms with Gasteiger partial charge in [-0.25, -0.2) is 0 Å². The zero-order chi connectivity index (χ0) is 13.7. The molecular formula is C14H20N4O. The van der Waals surface area contributed by atoms with Gasteiger partial charge in [0.05, 0.1) is 13.2 Å². The molecule has 1 aromatic carbocycles. The number of methoxy groups -OCH3 is 1. The quantitative estimate of drug-likeness (QED) is 0.859. The average molecular weight is 260 g/mol. The molecule has 2 aromatic rings. The number of aryl methyl sites for hydroxylation is 1. The highest BCUT2D eigenvalue weighted by Gasteiger charge is 2.09. The topological polar surface area (TPSA) is 52.0 Å². The van der Waals surface area contributed by atoms with Crippen molar-refractivity contribution in [1.82, 2.24) is 20.1 Å². The van der Waals surface area contributed by atoms with E-state index >= 15 is 0 Å². The lowest BCUT2D eigenvalue weighted by atomic mass is 10.1. The smallest absolute Gasteiger partial charge is 0.149 e. The Morgan fingerprint density at radius 3 is 2.63 bits per heavy atom. The largest absolute Gasteiger partial charge is 0.497 e. The van der Waals surface area contributed by atoms with Gasteiger partial charge in [-0.3, -0.25) is 0 Å². The number of hydrogen-bond donors (Lipinski definition) is 1. The Bertz CT molecular complexity index is 506. The van der Waals surface area contributed by atoms with Crippen LogP contribution < -0.4 is 10.1 Å². The van der Waals surface area contributed by atoms with Crippen LogP contribution in [0.5, 0.6) is 5.75 Å². The molecule has 0 radical (unpaired) electrons. The first-order valence-corrected chi connectivity index (χ1v) is 6.41. The van der Waals surface area contributed by atoms with Crippen molar-refractivity contribution in [1.29, 1.82) is 0 Å². The monoisotopic (exact) mass is 260 g/mol. The summed E-state index contributed by atoms with van der Waals surface area (Å²) in [6.45, 7) is 3.00. The minimum atomic E-state index is 0.200. The van der Waals surface area contributed by atoms with E-state index in [0.717, 1.165) is 24.5 Å². The number of nitrogens with zero attached hydrogens (tertiary/aromatic N) is 3. The van der Waals surface area contributed by atoms with E-state index in [1.165, 1.54) is 5.56 Å². The number of hydrogen-bond acceptors (Lipinski definition) is 4. The second-order valence-electron chi connectivity index (χ2n) is 4.57. The van der Waals surface area contributed by atoms with Gasteiger partial charge in [0.2, 0.25) is 0 Å². The third-order valence-corrected chi connectivity index (χ3v) is 3.16. The molecule has 102 valence electrons. The van der Waals surface area contributed by atoms with Crippen molar-refractivity contribution in [2.45, 2.75) is 19.4 Å². The van der Waals surface area contributed by atoms with Gasteiger partial charge in [0.15, 0.2) is 0 Å². The number of aromatic nitrogens is 3. The van der Waals surface area contributed by atoms with E-state index in [9.17, 15) is 0 Å². The molecule has 2 rings (SSSR count). The van der Waals surface area contributed by atoms with Crippen molar-refractivity contribution >= 4 is 0 Å². The number of benzene rings is 1. The second-order valence-corrected chi connectivity index (χ2v) is 4.57. The van der Waals surface area contributed by atoms with Crippen LogP contribution in [-0.4, -0.2) is 28.4 Å². The van der Waals surface area contributed by atoms with Crippen molar-refractivity contribution in [3.8, 4) is 5.75 Å². The summed E-state index contributed by atoms with van der Waals surface area (Å²) >= 11 is 0. The molecule has 0 amide bonds. The summed E-state index contributed by atoms with van der Waals surface area (Å²) in [6, 6.07) is 8.36. The van der Waals surface area contributed by atoms with E-state index in [-0.39, 0.29) is 6.04 Å². The SMILES string of the molecule is COc1ccc(CCNC(C)c2nncn2C)cc1. The van der Waals surface area contributed by atoms with E-state index in [0.29, 0.717) is 0 Å². The zero-order valence-corrected chi connectivity index (χ0v) is 11.6. The molecule has 1 aromatic heterocycles. The summed E-state index contributed by atoms with van der Waals surface area (Å²) in [5, 5.41) is 11.4. The fourth-order valence-corrected chi connectivity index (χ4v) is 2.00. The molecule has 0 bridgehead atoms. The number of nitrogens with one attached hydrogen (secondary N) is 1. The average Bonchev–Trinajstić information content (AvgIpc) is 2.86. The molecule has 1 N–H and O–H groups in total. The van der Waals surface area contributed by atoms with Crippen LogP contribution in [0.2, 0.25) is 0 Å². The van der Waals surface area contributed by atoms with Crippen molar-refractivity contribution in [3.05, 3.63) is 42.0 Å². The van der Waals surface area contributed by atoms with E-state index < -0.39 is 0 Å². The molecule has 0 fully saturated rings. The molecule has 1 atom stereocenters. The maximum atomic E-state index is 5.14. The Balaban J connectivity index is 1.81. The summed E-state index contributed by atoms with van der Waals surface area (Å²) < 4.78 is 7.08. The molecule has 0 saturated carbocycles. The highest BCUT2D eigenvalue weighted by atomic mass is 16.5. The van der Waals surface area contributed by atoms with Crippen LogP contribution in [0.25, 0.3) is 0 Å². The highest BCUT2D eigenvalue weighted by Crippen LogP contribution is 2.12. The van der Waals surface area contributed by atoms with E-state index in [1.807, 2.05) is 23.7 Å². The molecule has 5 nitrogen and oxygen atoms in total. The van der Waals surface area contributed by atoms with E-state index in [4.69, 9.17) is 4.74 Å². The Morgan fingerprint density at radius 2 is 2.05 bits per heavy atom. The van der Waals surface area contributed by atoms with Gasteiger partial charge in [0, 0.05) is 7.05 Å². The van der Waals surface area contributed by atoms with Gasteiger partial charge in [0.1, 0.15) is 17.9 Å². The van der Waals surface area contributed by atoms with Crippen LogP contribution in [0, 0.1) is 0 Å². The van der Waals surface area contributed by atoms with Crippen molar-refractivity contribution < 1.29 is 4.74 Å². The predicted molar refractivity (Wildman–Crippen MR) is 74.1 cm³/mol. The van der Waals surface area contributed by atoms with Crippen LogP contribution in [0.15, 0.2) is 30.6 Å². The van der Waals surface area contributed by atoms with Gasteiger partial charge < -0.3 is 14.6 Å². The third kappa shape index (κ3) is 3.54. The summed E-state index contributed by atoms with van der Waals surface area (Å²) in [5.74, 6) is 1.85. The lowest BCUT2D eigenvalue weighted by molar-refractivity contribution is 0.414. The lowest BCUT2D eigenvalue weighted by Crippen LogP contribution is -2.23. The van der Waals surface area contributed by atoms with Crippen molar-refractivity contribution in [2.24, 2.45) is 7.05 Å². The summed E-state index contributed by atoms with van der Waals surface area (Å²) in [5.41, 5.74) is 1.29. The molecule has 0 aliphatic heterocycles. The van der Waals surface area contributed by atoms with Crippen LogP contribution in [0.4, 0.5) is 0 Å². The predicted octanol–water partition coefficient (Wildman–Crippen LogP) is 1.72. The van der Waals surface area contributed by atoms with E-state index in [1.54, 1.807) is 13.4 Å². The minimum Gasteiger partial charge on any atom is -0.497 e. The Labute approximate surface area is 113 Å². The molecule has 1 unspecified atom stereocenters. The summed E-state index contributed by atoms with van der Waals surface area (Å²) in [4.78, 5) is 0. The maximum Gasteiger partial charge on any atom is 0.149 e. The third-order valence-electron chi connectivity index (χ3n) is 3.16. The first kappa shape index (κ1) is 13.5. The molecule has 0 saturated heterocycles. The Hall–Kier alpha value is -1.88. The fourth-order valence-electron chi connectivity index (χ4n) is 2.00. The Kier molecular flexibility index (Phi) is 4.52. The van der Waals surface area contributed by atoms with Gasteiger partial charge >= 0.3 is 0 Å². The first-order chi connectivity index (χ1) is 9.20. The Morgan fingerprint density at radius 1 is 1.32 bits per heavy atom. The van der Waals surface area contributed by atoms with Gasteiger partial charge in [-0.05, 0) is 37.6 Å². The van der Waals surface area contributed by atoms with Gasteiger partial charge in [-0.2, -0.15) is 0 Å². The van der Waals surface area contributed by atoms with Gasteiger partial charge in [-0.1, -0.05) is 12.1 Å². The van der Waals surface area contributed by atoms with Crippen molar-refractivity contribution in [2.75, 3.05) is 13.7 Å². The summed E-state index contributed by atoms with van der Waals surface area (Å²) in [6.07, 6.45) is 2.70. The number of rotatable bonds is 6.